The molecule has 4 nitrogen and oxygen atoms in total. The number of anilines is 1. The Morgan fingerprint density at radius 3 is 3.00 bits per heavy atom. The third-order valence-electron chi connectivity index (χ3n) is 1.37. The number of nitrogens with zero attached hydrogens (tertiary/aromatic N) is 1. The van der Waals surface area contributed by atoms with Crippen LogP contribution in [0.25, 0.3) is 0 Å². The van der Waals surface area contributed by atoms with E-state index < -0.39 is 5.97 Å². The maximum Gasteiger partial charge on any atom is 0.341 e. The minimum absolute atomic E-state index is 0.234. The van der Waals surface area contributed by atoms with Gasteiger partial charge >= 0.3 is 5.97 Å². The number of ether oxygens (including phenoxy) is 1. The highest BCUT2D eigenvalue weighted by Crippen LogP contribution is 2.17. The molecule has 0 amide bonds. The topological polar surface area (TPSA) is 65.2 Å². The maximum atomic E-state index is 11.2. The molecule has 5 heteroatoms. The number of carbonyl (C=O) groups excluding carboxylic acids is 1. The second kappa shape index (κ2) is 4.09. The fourth-order valence-electron chi connectivity index (χ4n) is 0.805. The highest BCUT2D eigenvalue weighted by molar-refractivity contribution is 6.33. The molecule has 0 atom stereocenters. The lowest BCUT2D eigenvalue weighted by Crippen LogP contribution is -2.06. The first-order valence-electron chi connectivity index (χ1n) is 3.73. The van der Waals surface area contributed by atoms with Crippen LogP contribution in [0.3, 0.4) is 0 Å². The number of halogens is 1. The number of esters is 1. The molecular formula is C8H9ClN2O2. The number of rotatable bonds is 2. The second-order valence-corrected chi connectivity index (χ2v) is 2.72. The van der Waals surface area contributed by atoms with Gasteiger partial charge in [0.2, 0.25) is 0 Å². The Kier molecular flexibility index (Phi) is 3.08. The first-order valence-corrected chi connectivity index (χ1v) is 4.11. The number of hydrogen-bond donors (Lipinski definition) is 1. The summed E-state index contributed by atoms with van der Waals surface area (Å²) < 4.78 is 4.74. The molecule has 0 aliphatic rings. The van der Waals surface area contributed by atoms with Crippen LogP contribution in [0.15, 0.2) is 12.3 Å². The Balaban J connectivity index is 2.95. The van der Waals surface area contributed by atoms with Crippen molar-refractivity contribution in [1.29, 1.82) is 0 Å². The largest absolute Gasteiger partial charge is 0.462 e. The van der Waals surface area contributed by atoms with Gasteiger partial charge in [-0.15, -0.1) is 0 Å². The van der Waals surface area contributed by atoms with Gasteiger partial charge < -0.3 is 10.5 Å². The number of nitrogens with two attached hydrogens (primary N) is 1. The van der Waals surface area contributed by atoms with E-state index in [4.69, 9.17) is 22.1 Å². The lowest BCUT2D eigenvalue weighted by Gasteiger charge is -2.03. The molecule has 1 rings (SSSR count). The first-order chi connectivity index (χ1) is 6.15. The quantitative estimate of drug-likeness (QED) is 0.735. The van der Waals surface area contributed by atoms with Crippen LogP contribution in [0, 0.1) is 0 Å². The van der Waals surface area contributed by atoms with Crippen LogP contribution in [0.4, 0.5) is 5.82 Å². The number of aromatic nitrogens is 1. The van der Waals surface area contributed by atoms with Crippen LogP contribution in [-0.4, -0.2) is 17.6 Å². The van der Waals surface area contributed by atoms with Crippen LogP contribution in [0.1, 0.15) is 17.3 Å². The van der Waals surface area contributed by atoms with Crippen molar-refractivity contribution in [3.63, 3.8) is 0 Å². The molecule has 0 fully saturated rings. The molecule has 0 saturated heterocycles. The van der Waals surface area contributed by atoms with Crippen LogP contribution in [0.2, 0.25) is 5.02 Å². The zero-order valence-corrected chi connectivity index (χ0v) is 7.84. The van der Waals surface area contributed by atoms with Crippen LogP contribution in [-0.2, 0) is 4.74 Å². The molecule has 0 radical (unpaired) electrons. The van der Waals surface area contributed by atoms with E-state index >= 15 is 0 Å². The zero-order chi connectivity index (χ0) is 9.84. The molecule has 1 aromatic heterocycles. The summed E-state index contributed by atoms with van der Waals surface area (Å²) >= 11 is 5.74. The summed E-state index contributed by atoms with van der Waals surface area (Å²) in [7, 11) is 0. The molecule has 0 bridgehead atoms. The molecule has 0 aliphatic carbocycles. The predicted molar refractivity (Wildman–Crippen MR) is 49.6 cm³/mol. The molecule has 2 N–H and O–H groups in total. The summed E-state index contributed by atoms with van der Waals surface area (Å²) in [5.41, 5.74) is 5.59. The summed E-state index contributed by atoms with van der Waals surface area (Å²) in [5.74, 6) is -0.210. The number of pyridine rings is 1. The van der Waals surface area contributed by atoms with Crippen molar-refractivity contribution in [2.24, 2.45) is 0 Å². The van der Waals surface area contributed by atoms with Crippen molar-refractivity contribution in [3.8, 4) is 0 Å². The van der Waals surface area contributed by atoms with Gasteiger partial charge in [-0.05, 0) is 13.0 Å². The average molecular weight is 201 g/mol. The Bertz CT molecular complexity index is 328. The van der Waals surface area contributed by atoms with E-state index in [1.165, 1.54) is 12.3 Å². The van der Waals surface area contributed by atoms with Gasteiger partial charge in [-0.2, -0.15) is 0 Å². The zero-order valence-electron chi connectivity index (χ0n) is 7.08. The first kappa shape index (κ1) is 9.80. The van der Waals surface area contributed by atoms with Gasteiger partial charge in [0.15, 0.2) is 0 Å². The van der Waals surface area contributed by atoms with Crippen LogP contribution in [0.5, 0.6) is 0 Å². The average Bonchev–Trinajstić information content (AvgIpc) is 2.04. The van der Waals surface area contributed by atoms with E-state index in [0.717, 1.165) is 0 Å². The molecule has 13 heavy (non-hydrogen) atoms. The van der Waals surface area contributed by atoms with E-state index in [-0.39, 0.29) is 16.4 Å². The van der Waals surface area contributed by atoms with Gasteiger partial charge in [0, 0.05) is 6.20 Å². The standard InChI is InChI=1S/C8H9ClN2O2/c1-2-13-8(12)5-4-11-7(10)3-6(5)9/h3-4H,2H2,1H3,(H2,10,11). The number of carbonyl (C=O) groups is 1. The minimum atomic E-state index is -0.486. The van der Waals surface area contributed by atoms with Gasteiger partial charge in [-0.25, -0.2) is 9.78 Å². The molecule has 0 saturated carbocycles. The Hall–Kier alpha value is -1.29. The lowest BCUT2D eigenvalue weighted by atomic mass is 10.3. The van der Waals surface area contributed by atoms with E-state index in [2.05, 4.69) is 4.98 Å². The van der Waals surface area contributed by atoms with E-state index in [9.17, 15) is 4.79 Å². The SMILES string of the molecule is CCOC(=O)c1cnc(N)cc1Cl. The third kappa shape index (κ3) is 2.32. The van der Waals surface area contributed by atoms with Crippen molar-refractivity contribution < 1.29 is 9.53 Å². The Morgan fingerprint density at radius 1 is 1.77 bits per heavy atom. The Labute approximate surface area is 80.7 Å². The predicted octanol–water partition coefficient (Wildman–Crippen LogP) is 1.49. The molecule has 1 heterocycles. The van der Waals surface area contributed by atoms with Crippen LogP contribution < -0.4 is 5.73 Å². The molecule has 0 aliphatic heterocycles. The van der Waals surface area contributed by atoms with E-state index in [1.54, 1.807) is 6.92 Å². The van der Waals surface area contributed by atoms with Crippen molar-refractivity contribution in [1.82, 2.24) is 4.98 Å². The molecular weight excluding hydrogens is 192 g/mol. The molecule has 0 spiro atoms. The summed E-state index contributed by atoms with van der Waals surface area (Å²) in [6.07, 6.45) is 1.30. The van der Waals surface area contributed by atoms with Gasteiger partial charge in [-0.3, -0.25) is 0 Å². The third-order valence-corrected chi connectivity index (χ3v) is 1.68. The van der Waals surface area contributed by atoms with Crippen molar-refractivity contribution in [2.45, 2.75) is 6.92 Å². The normalized spacial score (nSPS) is 9.69. The highest BCUT2D eigenvalue weighted by atomic mass is 35.5. The monoisotopic (exact) mass is 200 g/mol. The van der Waals surface area contributed by atoms with Crippen molar-refractivity contribution in [2.75, 3.05) is 12.3 Å². The van der Waals surface area contributed by atoms with Gasteiger partial charge in [-0.1, -0.05) is 11.6 Å². The number of nitrogen functional groups attached to an aromatic ring is 1. The summed E-state index contributed by atoms with van der Waals surface area (Å²) in [6, 6.07) is 1.41. The Morgan fingerprint density at radius 2 is 2.46 bits per heavy atom. The van der Waals surface area contributed by atoms with E-state index in [1.807, 2.05) is 0 Å². The molecule has 0 aromatic carbocycles. The molecule has 1 aromatic rings. The summed E-state index contributed by atoms with van der Waals surface area (Å²) in [4.78, 5) is 14.9. The van der Waals surface area contributed by atoms with Crippen LogP contribution >= 0.6 is 11.6 Å². The fraction of sp³-hybridized carbons (Fsp3) is 0.250. The molecule has 0 unspecified atom stereocenters. The van der Waals surface area contributed by atoms with Crippen molar-refractivity contribution >= 4 is 23.4 Å². The number of hydrogen-bond acceptors (Lipinski definition) is 4. The summed E-state index contributed by atoms with van der Waals surface area (Å²) in [5, 5.41) is 0.256. The van der Waals surface area contributed by atoms with Gasteiger partial charge in [0.1, 0.15) is 5.82 Å². The van der Waals surface area contributed by atoms with Gasteiger partial charge in [0.05, 0.1) is 17.2 Å². The fourth-order valence-corrected chi connectivity index (χ4v) is 1.04. The minimum Gasteiger partial charge on any atom is -0.462 e. The highest BCUT2D eigenvalue weighted by Gasteiger charge is 2.11. The second-order valence-electron chi connectivity index (χ2n) is 2.31. The maximum absolute atomic E-state index is 11.2. The van der Waals surface area contributed by atoms with E-state index in [0.29, 0.717) is 6.61 Å². The smallest absolute Gasteiger partial charge is 0.341 e. The lowest BCUT2D eigenvalue weighted by molar-refractivity contribution is 0.0526. The van der Waals surface area contributed by atoms with Gasteiger partial charge in [0.25, 0.3) is 0 Å². The molecule has 70 valence electrons. The summed E-state index contributed by atoms with van der Waals surface area (Å²) in [6.45, 7) is 2.02. The van der Waals surface area contributed by atoms with Crippen molar-refractivity contribution in [3.05, 3.63) is 22.8 Å².